The molecule has 1 aliphatic rings. The molecule has 1 aromatic carbocycles. The Labute approximate surface area is 107 Å². The van der Waals surface area contributed by atoms with Gasteiger partial charge >= 0.3 is 0 Å². The van der Waals surface area contributed by atoms with E-state index in [-0.39, 0.29) is 0 Å². The molecular formula is C14H17ClN2. The fourth-order valence-corrected chi connectivity index (χ4v) is 3.07. The minimum Gasteiger partial charge on any atom is -0.349 e. The third-order valence-electron chi connectivity index (χ3n) is 3.78. The molecule has 3 heteroatoms. The summed E-state index contributed by atoms with van der Waals surface area (Å²) >= 11 is 6.26. The Hall–Kier alpha value is -0.990. The largest absolute Gasteiger partial charge is 0.349 e. The molecule has 2 nitrogen and oxygen atoms in total. The number of halogens is 1. The molecule has 90 valence electrons. The van der Waals surface area contributed by atoms with E-state index in [9.17, 15) is 0 Å². The Bertz CT molecular complexity index is 538. The van der Waals surface area contributed by atoms with Crippen LogP contribution in [0.1, 0.15) is 24.3 Å². The first-order valence-corrected chi connectivity index (χ1v) is 6.58. The number of aromatic nitrogens is 1. The van der Waals surface area contributed by atoms with Gasteiger partial charge in [-0.25, -0.2) is 0 Å². The Morgan fingerprint density at radius 3 is 2.82 bits per heavy atom. The fraction of sp³-hybridized carbons (Fsp3) is 0.429. The fourth-order valence-electron chi connectivity index (χ4n) is 2.77. The molecule has 0 spiro atoms. The number of nitrogens with zero attached hydrogens (tertiary/aromatic N) is 1. The number of piperidine rings is 1. The molecule has 0 amide bonds. The summed E-state index contributed by atoms with van der Waals surface area (Å²) in [5.41, 5.74) is 2.65. The molecule has 0 saturated carbocycles. The molecule has 2 heterocycles. The van der Waals surface area contributed by atoms with Gasteiger partial charge in [0.05, 0.1) is 5.02 Å². The molecular weight excluding hydrogens is 232 g/mol. The van der Waals surface area contributed by atoms with Crippen molar-refractivity contribution >= 4 is 22.5 Å². The van der Waals surface area contributed by atoms with Gasteiger partial charge < -0.3 is 9.88 Å². The zero-order chi connectivity index (χ0) is 11.8. The lowest BCUT2D eigenvalue weighted by Gasteiger charge is -2.23. The molecule has 0 unspecified atom stereocenters. The highest BCUT2D eigenvalue weighted by Crippen LogP contribution is 2.31. The first-order valence-electron chi connectivity index (χ1n) is 6.21. The first-order chi connectivity index (χ1) is 8.25. The van der Waals surface area contributed by atoms with Gasteiger partial charge in [-0.05, 0) is 49.5 Å². The molecule has 0 aliphatic carbocycles. The number of hydrogen-bond acceptors (Lipinski definition) is 1. The van der Waals surface area contributed by atoms with E-state index in [0.29, 0.717) is 5.92 Å². The van der Waals surface area contributed by atoms with Crippen molar-refractivity contribution in [3.63, 3.8) is 0 Å². The van der Waals surface area contributed by atoms with E-state index >= 15 is 0 Å². The second-order valence-electron chi connectivity index (χ2n) is 4.89. The molecule has 17 heavy (non-hydrogen) atoms. The van der Waals surface area contributed by atoms with E-state index in [2.05, 4.69) is 28.1 Å². The number of fused-ring (bicyclic) bond motifs is 1. The third-order valence-corrected chi connectivity index (χ3v) is 4.08. The molecule has 1 aliphatic heterocycles. The van der Waals surface area contributed by atoms with Gasteiger partial charge in [-0.2, -0.15) is 0 Å². The van der Waals surface area contributed by atoms with Gasteiger partial charge in [-0.1, -0.05) is 17.7 Å². The van der Waals surface area contributed by atoms with Crippen LogP contribution in [0.5, 0.6) is 0 Å². The average molecular weight is 249 g/mol. The van der Waals surface area contributed by atoms with Crippen molar-refractivity contribution in [1.82, 2.24) is 9.88 Å². The summed E-state index contributed by atoms with van der Waals surface area (Å²) in [5, 5.41) is 5.45. The topological polar surface area (TPSA) is 17.0 Å². The van der Waals surface area contributed by atoms with Crippen molar-refractivity contribution < 1.29 is 0 Å². The van der Waals surface area contributed by atoms with Crippen LogP contribution >= 0.6 is 11.6 Å². The van der Waals surface area contributed by atoms with Gasteiger partial charge in [0, 0.05) is 24.1 Å². The maximum absolute atomic E-state index is 6.26. The Morgan fingerprint density at radius 1 is 1.29 bits per heavy atom. The van der Waals surface area contributed by atoms with E-state index in [1.54, 1.807) is 0 Å². The van der Waals surface area contributed by atoms with Gasteiger partial charge in [0.1, 0.15) is 0 Å². The number of hydrogen-bond donors (Lipinski definition) is 1. The average Bonchev–Trinajstić information content (AvgIpc) is 2.66. The van der Waals surface area contributed by atoms with E-state index in [0.717, 1.165) is 18.1 Å². The minimum atomic E-state index is 0.692. The maximum Gasteiger partial charge on any atom is 0.0661 e. The van der Waals surface area contributed by atoms with Crippen LogP contribution in [-0.2, 0) is 7.05 Å². The highest BCUT2D eigenvalue weighted by molar-refractivity contribution is 6.35. The molecule has 1 N–H and O–H groups in total. The van der Waals surface area contributed by atoms with Crippen molar-refractivity contribution in [2.24, 2.45) is 7.05 Å². The SMILES string of the molecule is Cn1cc(Cl)c2cc(C3CCNCC3)ccc21. The summed E-state index contributed by atoms with van der Waals surface area (Å²) in [4.78, 5) is 0. The van der Waals surface area contributed by atoms with Crippen LogP contribution in [0.25, 0.3) is 10.9 Å². The summed E-state index contributed by atoms with van der Waals surface area (Å²) < 4.78 is 2.09. The molecule has 0 radical (unpaired) electrons. The second kappa shape index (κ2) is 4.35. The smallest absolute Gasteiger partial charge is 0.0661 e. The summed E-state index contributed by atoms with van der Waals surface area (Å²) in [7, 11) is 2.04. The van der Waals surface area contributed by atoms with Crippen LogP contribution < -0.4 is 5.32 Å². The quantitative estimate of drug-likeness (QED) is 0.820. The van der Waals surface area contributed by atoms with Crippen LogP contribution in [0.3, 0.4) is 0 Å². The van der Waals surface area contributed by atoms with Crippen LogP contribution in [-0.4, -0.2) is 17.7 Å². The lowest BCUT2D eigenvalue weighted by Crippen LogP contribution is -2.26. The second-order valence-corrected chi connectivity index (χ2v) is 5.30. The molecule has 1 fully saturated rings. The molecule has 3 rings (SSSR count). The monoisotopic (exact) mass is 248 g/mol. The number of aryl methyl sites for hydroxylation is 1. The van der Waals surface area contributed by atoms with Gasteiger partial charge in [-0.15, -0.1) is 0 Å². The lowest BCUT2D eigenvalue weighted by molar-refractivity contribution is 0.460. The van der Waals surface area contributed by atoms with E-state index in [1.165, 1.54) is 29.3 Å². The number of benzene rings is 1. The zero-order valence-corrected chi connectivity index (χ0v) is 10.8. The summed E-state index contributed by atoms with van der Waals surface area (Å²) in [6.45, 7) is 2.26. The molecule has 0 atom stereocenters. The van der Waals surface area contributed by atoms with Crippen molar-refractivity contribution in [1.29, 1.82) is 0 Å². The maximum atomic E-state index is 6.26. The third kappa shape index (κ3) is 1.96. The predicted octanol–water partition coefficient (Wildman–Crippen LogP) is 3.30. The van der Waals surface area contributed by atoms with Crippen LogP contribution in [0.4, 0.5) is 0 Å². The normalized spacial score (nSPS) is 17.8. The summed E-state index contributed by atoms with van der Waals surface area (Å²) in [6, 6.07) is 6.72. The highest BCUT2D eigenvalue weighted by Gasteiger charge is 2.16. The van der Waals surface area contributed by atoms with Crippen molar-refractivity contribution in [3.8, 4) is 0 Å². The van der Waals surface area contributed by atoms with Gasteiger partial charge in [0.15, 0.2) is 0 Å². The predicted molar refractivity (Wildman–Crippen MR) is 72.8 cm³/mol. The highest BCUT2D eigenvalue weighted by atomic mass is 35.5. The Kier molecular flexibility index (Phi) is 2.85. The van der Waals surface area contributed by atoms with E-state index in [1.807, 2.05) is 13.2 Å². The summed E-state index contributed by atoms with van der Waals surface area (Å²) in [6.07, 6.45) is 4.45. The molecule has 1 aromatic heterocycles. The Morgan fingerprint density at radius 2 is 2.06 bits per heavy atom. The van der Waals surface area contributed by atoms with Gasteiger partial charge in [0.25, 0.3) is 0 Å². The van der Waals surface area contributed by atoms with Crippen LogP contribution in [0.15, 0.2) is 24.4 Å². The first kappa shape index (κ1) is 11.1. The van der Waals surface area contributed by atoms with Crippen LogP contribution in [0, 0.1) is 0 Å². The molecule has 0 bridgehead atoms. The van der Waals surface area contributed by atoms with E-state index in [4.69, 9.17) is 11.6 Å². The molecule has 1 saturated heterocycles. The van der Waals surface area contributed by atoms with Crippen molar-refractivity contribution in [2.75, 3.05) is 13.1 Å². The van der Waals surface area contributed by atoms with E-state index < -0.39 is 0 Å². The van der Waals surface area contributed by atoms with Gasteiger partial charge in [-0.3, -0.25) is 0 Å². The van der Waals surface area contributed by atoms with Crippen LogP contribution in [0.2, 0.25) is 5.02 Å². The van der Waals surface area contributed by atoms with Crippen molar-refractivity contribution in [3.05, 3.63) is 35.0 Å². The Balaban J connectivity index is 2.03. The number of rotatable bonds is 1. The standard InChI is InChI=1S/C14H17ClN2/c1-17-9-13(15)12-8-11(2-3-14(12)17)10-4-6-16-7-5-10/h2-3,8-10,16H,4-7H2,1H3. The summed E-state index contributed by atoms with van der Waals surface area (Å²) in [5.74, 6) is 0.692. The number of nitrogens with one attached hydrogen (secondary N) is 1. The zero-order valence-electron chi connectivity index (χ0n) is 10.0. The van der Waals surface area contributed by atoms with Gasteiger partial charge in [0.2, 0.25) is 0 Å². The van der Waals surface area contributed by atoms with Crippen molar-refractivity contribution in [2.45, 2.75) is 18.8 Å². The molecule has 2 aromatic rings. The lowest BCUT2D eigenvalue weighted by atomic mass is 9.90. The minimum absolute atomic E-state index is 0.692.